The molecule has 6 nitrogen and oxygen atoms in total. The standard InChI is InChI=1S/C17H14F3N3O3/c18-17(19,20)14-7-15(10-23-9-14)26-16-3-2-12(6-13(16)8-22)11-25-24-5-1-4-21/h1-3,5-7,9-10H,4,11,21H2. The van der Waals surface area contributed by atoms with E-state index >= 15 is 0 Å². The average Bonchev–Trinajstić information content (AvgIpc) is 2.62. The zero-order valence-corrected chi connectivity index (χ0v) is 13.4. The first kappa shape index (κ1) is 19.2. The van der Waals surface area contributed by atoms with Crippen molar-refractivity contribution >= 4 is 0 Å². The lowest BCUT2D eigenvalue weighted by Gasteiger charge is -2.11. The molecule has 2 N–H and O–H groups in total. The van der Waals surface area contributed by atoms with E-state index in [1.165, 1.54) is 18.4 Å². The smallest absolute Gasteiger partial charge is 0.418 e. The Morgan fingerprint density at radius 3 is 2.73 bits per heavy atom. The summed E-state index contributed by atoms with van der Waals surface area (Å²) >= 11 is 0. The number of benzene rings is 1. The molecule has 0 spiro atoms. The van der Waals surface area contributed by atoms with E-state index in [9.17, 15) is 18.4 Å². The molecule has 2 aromatic rings. The molecule has 0 amide bonds. The van der Waals surface area contributed by atoms with Gasteiger partial charge in [0.1, 0.15) is 30.4 Å². The van der Waals surface area contributed by atoms with Gasteiger partial charge in [0.05, 0.1) is 17.3 Å². The second kappa shape index (κ2) is 8.84. The quantitative estimate of drug-likeness (QED) is 0.348. The number of hydrogen-bond acceptors (Lipinski definition) is 6. The maximum Gasteiger partial charge on any atom is 0.418 e. The Hall–Kier alpha value is -3.09. The highest BCUT2D eigenvalue weighted by Gasteiger charge is 2.31. The van der Waals surface area contributed by atoms with Crippen LogP contribution in [-0.4, -0.2) is 11.5 Å². The van der Waals surface area contributed by atoms with Gasteiger partial charge in [-0.05, 0) is 29.8 Å². The zero-order chi connectivity index (χ0) is 19.0. The Labute approximate surface area is 147 Å². The van der Waals surface area contributed by atoms with Crippen LogP contribution in [0.5, 0.6) is 11.5 Å². The normalized spacial score (nSPS) is 11.3. The summed E-state index contributed by atoms with van der Waals surface area (Å²) in [5, 5.41) is 9.22. The molecular formula is C17H14F3N3O3. The lowest BCUT2D eigenvalue weighted by molar-refractivity contribution is -0.259. The number of nitrogens with zero attached hydrogens (tertiary/aromatic N) is 2. The van der Waals surface area contributed by atoms with Gasteiger partial charge in [-0.3, -0.25) is 4.98 Å². The highest BCUT2D eigenvalue weighted by atomic mass is 19.4. The molecule has 1 aromatic heterocycles. The predicted octanol–water partition coefficient (Wildman–Crippen LogP) is 3.68. The predicted molar refractivity (Wildman–Crippen MR) is 84.5 cm³/mol. The number of halogens is 3. The van der Waals surface area contributed by atoms with Gasteiger partial charge in [0.25, 0.3) is 0 Å². The highest BCUT2D eigenvalue weighted by Crippen LogP contribution is 2.32. The van der Waals surface area contributed by atoms with Crippen LogP contribution in [0.4, 0.5) is 13.2 Å². The molecule has 1 heterocycles. The summed E-state index contributed by atoms with van der Waals surface area (Å²) in [6.07, 6.45) is 0.108. The van der Waals surface area contributed by atoms with Crippen LogP contribution < -0.4 is 10.5 Å². The topological polar surface area (TPSA) is 90.4 Å². The van der Waals surface area contributed by atoms with Gasteiger partial charge in [0, 0.05) is 12.7 Å². The van der Waals surface area contributed by atoms with E-state index < -0.39 is 11.7 Å². The molecule has 1 aromatic carbocycles. The third kappa shape index (κ3) is 5.47. The first-order chi connectivity index (χ1) is 12.4. The number of alkyl halides is 3. The number of aromatic nitrogens is 1. The molecule has 0 bridgehead atoms. The van der Waals surface area contributed by atoms with Crippen LogP contribution in [0, 0.1) is 11.3 Å². The summed E-state index contributed by atoms with van der Waals surface area (Å²) < 4.78 is 43.5. The number of nitrogens with two attached hydrogens (primary N) is 1. The van der Waals surface area contributed by atoms with Crippen molar-refractivity contribution in [3.05, 3.63) is 65.7 Å². The van der Waals surface area contributed by atoms with Gasteiger partial charge in [-0.1, -0.05) is 6.07 Å². The Morgan fingerprint density at radius 2 is 2.04 bits per heavy atom. The van der Waals surface area contributed by atoms with Crippen LogP contribution in [0.1, 0.15) is 16.7 Å². The van der Waals surface area contributed by atoms with Crippen molar-refractivity contribution in [3.63, 3.8) is 0 Å². The second-order valence-corrected chi connectivity index (χ2v) is 4.92. The minimum Gasteiger partial charge on any atom is -0.454 e. The van der Waals surface area contributed by atoms with Crippen molar-refractivity contribution in [2.45, 2.75) is 12.8 Å². The lowest BCUT2D eigenvalue weighted by atomic mass is 10.1. The molecule has 136 valence electrons. The molecular weight excluding hydrogens is 351 g/mol. The van der Waals surface area contributed by atoms with Crippen molar-refractivity contribution in [1.29, 1.82) is 5.26 Å². The van der Waals surface area contributed by atoms with Crippen LogP contribution in [0.25, 0.3) is 0 Å². The third-order valence-corrected chi connectivity index (χ3v) is 3.01. The number of nitriles is 1. The van der Waals surface area contributed by atoms with E-state index in [0.717, 1.165) is 12.3 Å². The van der Waals surface area contributed by atoms with Crippen molar-refractivity contribution < 1.29 is 27.7 Å². The van der Waals surface area contributed by atoms with Crippen molar-refractivity contribution in [1.82, 2.24) is 4.98 Å². The zero-order valence-electron chi connectivity index (χ0n) is 13.4. The Bertz CT molecular complexity index is 817. The Balaban J connectivity index is 2.11. The SMILES string of the molecule is N#Cc1cc(COOC=CCN)ccc1Oc1cncc(C(F)(F)F)c1. The first-order valence-corrected chi connectivity index (χ1v) is 7.30. The number of ether oxygens (including phenoxy) is 1. The molecule has 0 aliphatic heterocycles. The van der Waals surface area contributed by atoms with Crippen molar-refractivity contribution in [3.8, 4) is 17.6 Å². The minimum atomic E-state index is -4.54. The molecule has 0 atom stereocenters. The van der Waals surface area contributed by atoms with Crippen LogP contribution >= 0.6 is 0 Å². The summed E-state index contributed by atoms with van der Waals surface area (Å²) in [6.45, 7) is 0.355. The fraction of sp³-hybridized carbons (Fsp3) is 0.176. The summed E-state index contributed by atoms with van der Waals surface area (Å²) in [5.41, 5.74) is 5.02. The summed E-state index contributed by atoms with van der Waals surface area (Å²) in [5.74, 6) is -0.0306. The van der Waals surface area contributed by atoms with E-state index in [4.69, 9.17) is 20.2 Å². The van der Waals surface area contributed by atoms with Crippen LogP contribution in [0.2, 0.25) is 0 Å². The van der Waals surface area contributed by atoms with Gasteiger partial charge in [-0.2, -0.15) is 23.3 Å². The molecule has 0 fully saturated rings. The number of pyridine rings is 1. The van der Waals surface area contributed by atoms with E-state index in [2.05, 4.69) is 4.98 Å². The maximum atomic E-state index is 12.7. The van der Waals surface area contributed by atoms with Gasteiger partial charge < -0.3 is 15.4 Å². The highest BCUT2D eigenvalue weighted by molar-refractivity contribution is 5.47. The molecule has 2 rings (SSSR count). The molecule has 0 saturated carbocycles. The van der Waals surface area contributed by atoms with Crippen molar-refractivity contribution in [2.24, 2.45) is 5.73 Å². The second-order valence-electron chi connectivity index (χ2n) is 4.92. The molecule has 26 heavy (non-hydrogen) atoms. The Morgan fingerprint density at radius 1 is 1.23 bits per heavy atom. The molecule has 0 unspecified atom stereocenters. The van der Waals surface area contributed by atoms with Crippen LogP contribution in [-0.2, 0) is 22.6 Å². The van der Waals surface area contributed by atoms with E-state index in [1.54, 1.807) is 12.1 Å². The number of rotatable bonds is 7. The van der Waals surface area contributed by atoms with Gasteiger partial charge in [-0.15, -0.1) is 0 Å². The largest absolute Gasteiger partial charge is 0.454 e. The molecule has 0 radical (unpaired) electrons. The van der Waals surface area contributed by atoms with E-state index in [1.807, 2.05) is 6.07 Å². The monoisotopic (exact) mass is 365 g/mol. The first-order valence-electron chi connectivity index (χ1n) is 7.30. The molecule has 0 aliphatic carbocycles. The fourth-order valence-corrected chi connectivity index (χ4v) is 1.84. The molecule has 9 heteroatoms. The number of hydrogen-bond donors (Lipinski definition) is 1. The molecule has 0 saturated heterocycles. The summed E-state index contributed by atoms with van der Waals surface area (Å²) in [7, 11) is 0. The minimum absolute atomic E-state index is 0.0506. The fourth-order valence-electron chi connectivity index (χ4n) is 1.84. The molecule has 0 aliphatic rings. The third-order valence-electron chi connectivity index (χ3n) is 3.01. The van der Waals surface area contributed by atoms with Gasteiger partial charge in [0.2, 0.25) is 0 Å². The van der Waals surface area contributed by atoms with Gasteiger partial charge >= 0.3 is 6.18 Å². The Kier molecular flexibility index (Phi) is 6.54. The van der Waals surface area contributed by atoms with Crippen LogP contribution in [0.3, 0.4) is 0 Å². The van der Waals surface area contributed by atoms with Gasteiger partial charge in [0.15, 0.2) is 0 Å². The average molecular weight is 365 g/mol. The summed E-state index contributed by atoms with van der Waals surface area (Å²) in [4.78, 5) is 13.1. The maximum absolute atomic E-state index is 12.7. The van der Waals surface area contributed by atoms with Crippen LogP contribution in [0.15, 0.2) is 49.0 Å². The lowest BCUT2D eigenvalue weighted by Crippen LogP contribution is -2.05. The van der Waals surface area contributed by atoms with E-state index in [0.29, 0.717) is 18.3 Å². The van der Waals surface area contributed by atoms with E-state index in [-0.39, 0.29) is 23.7 Å². The van der Waals surface area contributed by atoms with Gasteiger partial charge in [-0.25, -0.2) is 0 Å². The summed E-state index contributed by atoms with van der Waals surface area (Å²) in [6, 6.07) is 7.25. The van der Waals surface area contributed by atoms with Crippen molar-refractivity contribution in [2.75, 3.05) is 6.54 Å².